The summed E-state index contributed by atoms with van der Waals surface area (Å²) in [5.41, 5.74) is -5.48. The molecule has 0 aliphatic rings. The van der Waals surface area contributed by atoms with E-state index >= 15 is 0 Å². The minimum Gasteiger partial charge on any atom is -0.481 e. The molecule has 0 radical (unpaired) electrons. The lowest BCUT2D eigenvalue weighted by Gasteiger charge is -2.18. The maximum absolute atomic E-state index is 10.3. The third-order valence-corrected chi connectivity index (χ3v) is 2.57. The first-order valence-electron chi connectivity index (χ1n) is 6.34. The molecule has 30 heavy (non-hydrogen) atoms. The van der Waals surface area contributed by atoms with Gasteiger partial charge >= 0.3 is 35.8 Å². The molecule has 0 bridgehead atoms. The van der Waals surface area contributed by atoms with Crippen LogP contribution in [0.15, 0.2) is 0 Å². The minimum atomic E-state index is -2.74. The summed E-state index contributed by atoms with van der Waals surface area (Å²) in [7, 11) is 0. The van der Waals surface area contributed by atoms with Gasteiger partial charge in [0.1, 0.15) is 0 Å². The molecule has 0 heterocycles. The van der Waals surface area contributed by atoms with E-state index < -0.39 is 72.7 Å². The lowest BCUT2D eigenvalue weighted by atomic mass is 9.96. The topological polar surface area (TPSA) is 390 Å². The van der Waals surface area contributed by atoms with Gasteiger partial charge in [-0.3, -0.25) is 19.2 Å². The van der Waals surface area contributed by atoms with Crippen LogP contribution < -0.4 is 0 Å². The van der Waals surface area contributed by atoms with Gasteiger partial charge in [0.15, 0.2) is 11.2 Å². The summed E-state index contributed by atoms with van der Waals surface area (Å²) in [5, 5.41) is 67.6. The molecule has 0 rings (SSSR count). The average molecular weight is 456 g/mol. The van der Waals surface area contributed by atoms with Gasteiger partial charge in [0, 0.05) is 0 Å². The van der Waals surface area contributed by atoms with Crippen LogP contribution in [0, 0.1) is 0 Å². The number of carboxylic acid groups (broad SMARTS) is 6. The zero-order valence-electron chi connectivity index (χ0n) is 14.9. The van der Waals surface area contributed by atoms with Gasteiger partial charge in [0.25, 0.3) is 0 Å². The Hall–Kier alpha value is -3.42. The summed E-state index contributed by atoms with van der Waals surface area (Å²) in [5.74, 6) is -10.0. The van der Waals surface area contributed by atoms with E-state index in [9.17, 15) is 28.8 Å². The lowest BCUT2D eigenvalue weighted by molar-refractivity contribution is -0.170. The summed E-state index contributed by atoms with van der Waals surface area (Å²) in [6, 6.07) is 0. The first-order valence-corrected chi connectivity index (χ1v) is 6.34. The van der Waals surface area contributed by atoms with Crippen LogP contribution in [0.3, 0.4) is 0 Å². The van der Waals surface area contributed by atoms with Crippen LogP contribution in [0.4, 0.5) is 0 Å². The van der Waals surface area contributed by atoms with Crippen LogP contribution in [0.25, 0.3) is 0 Å². The van der Waals surface area contributed by atoms with Gasteiger partial charge in [-0.1, -0.05) is 0 Å². The molecular formula is C12H24O18. The third-order valence-electron chi connectivity index (χ3n) is 2.57. The van der Waals surface area contributed by atoms with Crippen LogP contribution in [-0.2, 0) is 28.8 Å². The number of carbonyl (C=O) groups is 6. The molecule has 0 aromatic rings. The van der Waals surface area contributed by atoms with Crippen molar-refractivity contribution in [1.82, 2.24) is 0 Å². The molecule has 0 spiro atoms. The van der Waals surface area contributed by atoms with Crippen molar-refractivity contribution in [2.45, 2.75) is 36.9 Å². The van der Waals surface area contributed by atoms with Gasteiger partial charge in [-0.25, -0.2) is 9.59 Å². The Morgan fingerprint density at radius 3 is 0.633 bits per heavy atom. The molecule has 0 aliphatic carbocycles. The second kappa shape index (κ2) is 16.5. The standard InChI is InChI=1S/2C6H8O7.4H2O/c2*7-3(8)1-6(13,5(11)12)2-4(9)10;;;;/h2*13H,1-2H2,(H,7,8)(H,9,10)(H,11,12);4*1H2. The van der Waals surface area contributed by atoms with E-state index in [0.29, 0.717) is 0 Å². The fraction of sp³-hybridized carbons (Fsp3) is 0.500. The first kappa shape index (κ1) is 41.1. The highest BCUT2D eigenvalue weighted by Crippen LogP contribution is 2.16. The molecule has 180 valence electrons. The summed E-state index contributed by atoms with van der Waals surface area (Å²) in [6.45, 7) is 0. The summed E-state index contributed by atoms with van der Waals surface area (Å²) in [6.07, 6.45) is -4.58. The van der Waals surface area contributed by atoms with Crippen LogP contribution in [0.2, 0.25) is 0 Å². The van der Waals surface area contributed by atoms with E-state index in [-0.39, 0.29) is 21.9 Å². The third kappa shape index (κ3) is 16.7. The Bertz CT molecular complexity index is 510. The second-order valence-corrected chi connectivity index (χ2v) is 4.96. The zero-order valence-corrected chi connectivity index (χ0v) is 14.9. The number of aliphatic carboxylic acids is 6. The molecule has 18 heteroatoms. The predicted molar refractivity (Wildman–Crippen MR) is 88.6 cm³/mol. The van der Waals surface area contributed by atoms with E-state index in [1.54, 1.807) is 0 Å². The maximum Gasteiger partial charge on any atom is 0.336 e. The number of carboxylic acids is 6. The smallest absolute Gasteiger partial charge is 0.336 e. The van der Waals surface area contributed by atoms with Gasteiger partial charge in [-0.2, -0.15) is 0 Å². The van der Waals surface area contributed by atoms with Crippen molar-refractivity contribution in [3.63, 3.8) is 0 Å². The highest BCUT2D eigenvalue weighted by atomic mass is 16.4. The Morgan fingerprint density at radius 2 is 0.567 bits per heavy atom. The molecular weight excluding hydrogens is 432 g/mol. The van der Waals surface area contributed by atoms with Crippen molar-refractivity contribution in [3.05, 3.63) is 0 Å². The van der Waals surface area contributed by atoms with Crippen molar-refractivity contribution >= 4 is 35.8 Å². The molecule has 0 unspecified atom stereocenters. The van der Waals surface area contributed by atoms with Gasteiger partial charge in [0.2, 0.25) is 0 Å². The van der Waals surface area contributed by atoms with Gasteiger partial charge in [-0.15, -0.1) is 0 Å². The van der Waals surface area contributed by atoms with Crippen LogP contribution in [-0.4, -0.2) is 110 Å². The molecule has 0 saturated heterocycles. The molecule has 16 N–H and O–H groups in total. The molecule has 0 aromatic heterocycles. The Kier molecular flexibility index (Phi) is 22.6. The van der Waals surface area contributed by atoms with Crippen molar-refractivity contribution < 1.29 is 91.5 Å². The molecule has 0 fully saturated rings. The minimum absolute atomic E-state index is 0. The van der Waals surface area contributed by atoms with Gasteiger partial charge in [-0.05, 0) is 0 Å². The SMILES string of the molecule is O.O.O.O.O=C(O)CC(O)(CC(=O)O)C(=O)O.O=C(O)CC(O)(CC(=O)O)C(=O)O. The lowest BCUT2D eigenvalue weighted by Crippen LogP contribution is -2.42. The zero-order chi connectivity index (χ0) is 21.3. The van der Waals surface area contributed by atoms with Crippen molar-refractivity contribution in [2.24, 2.45) is 0 Å². The Labute approximate surface area is 165 Å². The van der Waals surface area contributed by atoms with Gasteiger partial charge < -0.3 is 62.8 Å². The van der Waals surface area contributed by atoms with E-state index in [2.05, 4.69) is 0 Å². The van der Waals surface area contributed by atoms with Crippen LogP contribution in [0.1, 0.15) is 25.7 Å². The highest BCUT2D eigenvalue weighted by molar-refractivity contribution is 5.88. The normalized spacial score (nSPS) is 9.40. The number of rotatable bonds is 10. The Balaban J connectivity index is -0.0000000847. The average Bonchev–Trinajstić information content (AvgIpc) is 2.34. The maximum atomic E-state index is 10.3. The molecule has 0 aliphatic heterocycles. The summed E-state index contributed by atoms with van der Waals surface area (Å²) < 4.78 is 0. The predicted octanol–water partition coefficient (Wildman–Crippen LogP) is -5.80. The highest BCUT2D eigenvalue weighted by Gasteiger charge is 2.41. The number of hydrogen-bond donors (Lipinski definition) is 8. The van der Waals surface area contributed by atoms with Crippen molar-refractivity contribution in [3.8, 4) is 0 Å². The summed E-state index contributed by atoms with van der Waals surface area (Å²) in [4.78, 5) is 61.0. The van der Waals surface area contributed by atoms with Crippen molar-refractivity contribution in [2.75, 3.05) is 0 Å². The second-order valence-electron chi connectivity index (χ2n) is 4.96. The van der Waals surface area contributed by atoms with E-state index in [4.69, 9.17) is 40.9 Å². The number of hydrogen-bond acceptors (Lipinski definition) is 8. The summed E-state index contributed by atoms with van der Waals surface area (Å²) >= 11 is 0. The van der Waals surface area contributed by atoms with Gasteiger partial charge in [0.05, 0.1) is 25.7 Å². The number of aliphatic hydroxyl groups is 2. The molecule has 0 saturated carbocycles. The van der Waals surface area contributed by atoms with E-state index in [1.165, 1.54) is 0 Å². The molecule has 0 aromatic carbocycles. The fourth-order valence-corrected chi connectivity index (χ4v) is 1.43. The first-order chi connectivity index (χ1) is 11.6. The van der Waals surface area contributed by atoms with Crippen molar-refractivity contribution in [1.29, 1.82) is 0 Å². The van der Waals surface area contributed by atoms with Crippen LogP contribution >= 0.6 is 0 Å². The quantitative estimate of drug-likeness (QED) is 0.152. The largest absolute Gasteiger partial charge is 0.481 e. The van der Waals surface area contributed by atoms with E-state index in [0.717, 1.165) is 0 Å². The Morgan fingerprint density at radius 1 is 0.433 bits per heavy atom. The monoisotopic (exact) mass is 456 g/mol. The fourth-order valence-electron chi connectivity index (χ4n) is 1.43. The molecule has 18 nitrogen and oxygen atoms in total. The van der Waals surface area contributed by atoms with Crippen LogP contribution in [0.5, 0.6) is 0 Å². The molecule has 0 atom stereocenters. The van der Waals surface area contributed by atoms with E-state index in [1.807, 2.05) is 0 Å². The molecule has 0 amide bonds.